The van der Waals surface area contributed by atoms with Crippen molar-refractivity contribution in [2.45, 2.75) is 26.2 Å². The fourth-order valence-electron chi connectivity index (χ4n) is 3.23. The van der Waals surface area contributed by atoms with Crippen LogP contribution in [-0.2, 0) is 14.8 Å². The minimum atomic E-state index is -3.08. The van der Waals surface area contributed by atoms with E-state index >= 15 is 0 Å². The molecule has 0 radical (unpaired) electrons. The van der Waals surface area contributed by atoms with E-state index in [0.717, 1.165) is 19.3 Å². The van der Waals surface area contributed by atoms with Gasteiger partial charge in [-0.05, 0) is 50.8 Å². The molecule has 6 nitrogen and oxygen atoms in total. The molecule has 2 aliphatic rings. The fraction of sp³-hybridized carbons (Fsp3) is 0.647. The molecule has 2 rings (SSSR count). The van der Waals surface area contributed by atoms with Gasteiger partial charge < -0.3 is 5.32 Å². The lowest BCUT2D eigenvalue weighted by Gasteiger charge is -2.13. The highest BCUT2D eigenvalue weighted by molar-refractivity contribution is 7.88. The van der Waals surface area contributed by atoms with Gasteiger partial charge in [-0.1, -0.05) is 11.6 Å². The summed E-state index contributed by atoms with van der Waals surface area (Å²) in [7, 11) is -3.08. The quantitative estimate of drug-likeness (QED) is 0.531. The van der Waals surface area contributed by atoms with E-state index in [1.54, 1.807) is 6.20 Å². The smallest absolute Gasteiger partial charge is 0.223 e. The SMILES string of the molecule is C=NC=CC=C(C)C1CC1C(=O)NCCC1CCN(S(C)(=O)=O)C1. The van der Waals surface area contributed by atoms with Gasteiger partial charge in [0.05, 0.1) is 6.26 Å². The van der Waals surface area contributed by atoms with E-state index in [9.17, 15) is 13.2 Å². The molecule has 3 unspecified atom stereocenters. The second-order valence-corrected chi connectivity index (χ2v) is 8.72. The molecule has 1 heterocycles. The topological polar surface area (TPSA) is 78.8 Å². The lowest BCUT2D eigenvalue weighted by Crippen LogP contribution is -2.30. The summed E-state index contributed by atoms with van der Waals surface area (Å²) in [5.74, 6) is 0.846. The Bertz CT molecular complexity index is 639. The highest BCUT2D eigenvalue weighted by Gasteiger charge is 2.43. The standard InChI is InChI=1S/C17H27N3O3S/c1-13(5-4-8-18-2)15-11-16(15)17(21)19-9-6-14-7-10-20(12-14)24(3,22)23/h4-5,8,14-16H,2,6-7,9-12H2,1,3H3,(H,19,21). The van der Waals surface area contributed by atoms with E-state index in [0.29, 0.717) is 31.5 Å². The van der Waals surface area contributed by atoms with Gasteiger partial charge in [-0.2, -0.15) is 0 Å². The number of amides is 1. The van der Waals surface area contributed by atoms with Crippen LogP contribution in [0.25, 0.3) is 0 Å². The molecule has 1 saturated heterocycles. The molecule has 1 N–H and O–H groups in total. The molecule has 0 spiro atoms. The molecular formula is C17H27N3O3S. The molecule has 0 aromatic heterocycles. The Kier molecular flexibility index (Phi) is 6.34. The van der Waals surface area contributed by atoms with Gasteiger partial charge in [-0.15, -0.1) is 0 Å². The van der Waals surface area contributed by atoms with E-state index < -0.39 is 10.0 Å². The molecule has 1 aliphatic heterocycles. The second-order valence-electron chi connectivity index (χ2n) is 6.74. The van der Waals surface area contributed by atoms with E-state index in [1.165, 1.54) is 16.1 Å². The first kappa shape index (κ1) is 18.9. The van der Waals surface area contributed by atoms with Gasteiger partial charge in [0.1, 0.15) is 0 Å². The number of rotatable bonds is 8. The van der Waals surface area contributed by atoms with E-state index in [4.69, 9.17) is 0 Å². The Labute approximate surface area is 144 Å². The van der Waals surface area contributed by atoms with Crippen molar-refractivity contribution in [1.29, 1.82) is 0 Å². The lowest BCUT2D eigenvalue weighted by molar-refractivity contribution is -0.122. The highest BCUT2D eigenvalue weighted by Crippen LogP contribution is 2.44. The molecule has 7 heteroatoms. The maximum absolute atomic E-state index is 12.2. The minimum Gasteiger partial charge on any atom is -0.356 e. The molecule has 0 aromatic carbocycles. The van der Waals surface area contributed by atoms with Crippen LogP contribution in [-0.4, -0.2) is 51.2 Å². The Morgan fingerprint density at radius 2 is 2.17 bits per heavy atom. The molecule has 0 aromatic rings. The van der Waals surface area contributed by atoms with Gasteiger partial charge in [0.2, 0.25) is 15.9 Å². The number of nitrogens with zero attached hydrogens (tertiary/aromatic N) is 2. The molecule has 1 aliphatic carbocycles. The number of nitrogens with one attached hydrogen (secondary N) is 1. The number of carbonyl (C=O) groups excluding carboxylic acids is 1. The predicted octanol–water partition coefficient (Wildman–Crippen LogP) is 1.57. The Morgan fingerprint density at radius 3 is 2.79 bits per heavy atom. The van der Waals surface area contributed by atoms with Crippen LogP contribution >= 0.6 is 0 Å². The van der Waals surface area contributed by atoms with Crippen molar-refractivity contribution in [3.63, 3.8) is 0 Å². The molecule has 0 bridgehead atoms. The zero-order valence-corrected chi connectivity index (χ0v) is 15.3. The van der Waals surface area contributed by atoms with Crippen LogP contribution in [0.3, 0.4) is 0 Å². The molecule has 3 atom stereocenters. The van der Waals surface area contributed by atoms with E-state index in [2.05, 4.69) is 17.0 Å². The maximum Gasteiger partial charge on any atom is 0.223 e. The summed E-state index contributed by atoms with van der Waals surface area (Å²) in [6.07, 6.45) is 9.30. The van der Waals surface area contributed by atoms with Gasteiger partial charge in [0, 0.05) is 31.8 Å². The zero-order chi connectivity index (χ0) is 17.7. The lowest BCUT2D eigenvalue weighted by atomic mass is 10.1. The average Bonchev–Trinajstić information content (AvgIpc) is 3.17. The minimum absolute atomic E-state index is 0.0717. The van der Waals surface area contributed by atoms with Crippen LogP contribution in [0.5, 0.6) is 0 Å². The molecule has 134 valence electrons. The largest absolute Gasteiger partial charge is 0.356 e. The third-order valence-corrected chi connectivity index (χ3v) is 6.10. The van der Waals surface area contributed by atoms with Crippen molar-refractivity contribution in [2.75, 3.05) is 25.9 Å². The molecule has 1 amide bonds. The Hall–Kier alpha value is -1.47. The van der Waals surface area contributed by atoms with Crippen LogP contribution in [0.1, 0.15) is 26.2 Å². The van der Waals surface area contributed by atoms with Gasteiger partial charge in [0.15, 0.2) is 0 Å². The normalized spacial score (nSPS) is 28.2. The van der Waals surface area contributed by atoms with Crippen molar-refractivity contribution in [3.05, 3.63) is 23.9 Å². The van der Waals surface area contributed by atoms with Gasteiger partial charge in [-0.25, -0.2) is 12.7 Å². The highest BCUT2D eigenvalue weighted by atomic mass is 32.2. The van der Waals surface area contributed by atoms with Gasteiger partial charge >= 0.3 is 0 Å². The summed E-state index contributed by atoms with van der Waals surface area (Å²) in [6.45, 7) is 7.20. The van der Waals surface area contributed by atoms with Crippen molar-refractivity contribution in [3.8, 4) is 0 Å². The number of carbonyl (C=O) groups is 1. The van der Waals surface area contributed by atoms with Crippen molar-refractivity contribution >= 4 is 22.6 Å². The molecule has 1 saturated carbocycles. The summed E-state index contributed by atoms with van der Waals surface area (Å²) in [6, 6.07) is 0. The molecular weight excluding hydrogens is 326 g/mol. The van der Waals surface area contributed by atoms with E-state index in [-0.39, 0.29) is 11.8 Å². The number of allylic oxidation sites excluding steroid dienone is 3. The monoisotopic (exact) mass is 353 g/mol. The van der Waals surface area contributed by atoms with Crippen LogP contribution in [0.15, 0.2) is 28.9 Å². The van der Waals surface area contributed by atoms with Crippen LogP contribution in [0, 0.1) is 17.8 Å². The van der Waals surface area contributed by atoms with Crippen molar-refractivity contribution < 1.29 is 13.2 Å². The average molecular weight is 353 g/mol. The van der Waals surface area contributed by atoms with Crippen LogP contribution in [0.4, 0.5) is 0 Å². The summed E-state index contributed by atoms with van der Waals surface area (Å²) in [5, 5.41) is 3.00. The zero-order valence-electron chi connectivity index (χ0n) is 14.4. The summed E-state index contributed by atoms with van der Waals surface area (Å²) in [4.78, 5) is 15.8. The van der Waals surface area contributed by atoms with Crippen molar-refractivity contribution in [1.82, 2.24) is 9.62 Å². The summed E-state index contributed by atoms with van der Waals surface area (Å²) in [5.41, 5.74) is 1.19. The third-order valence-electron chi connectivity index (χ3n) is 4.83. The maximum atomic E-state index is 12.2. The number of hydrogen-bond donors (Lipinski definition) is 1. The number of sulfonamides is 1. The van der Waals surface area contributed by atoms with E-state index in [1.807, 2.05) is 19.1 Å². The fourth-order valence-corrected chi connectivity index (χ4v) is 4.15. The first-order chi connectivity index (χ1) is 11.3. The Morgan fingerprint density at radius 1 is 1.42 bits per heavy atom. The predicted molar refractivity (Wildman–Crippen MR) is 96.2 cm³/mol. The second kappa shape index (κ2) is 8.07. The summed E-state index contributed by atoms with van der Waals surface area (Å²) >= 11 is 0. The molecule has 2 fully saturated rings. The number of hydrogen-bond acceptors (Lipinski definition) is 4. The van der Waals surface area contributed by atoms with Crippen molar-refractivity contribution in [2.24, 2.45) is 22.7 Å². The van der Waals surface area contributed by atoms with Gasteiger partial charge in [-0.3, -0.25) is 9.79 Å². The van der Waals surface area contributed by atoms with Crippen LogP contribution in [0.2, 0.25) is 0 Å². The Balaban J connectivity index is 1.67. The molecule has 24 heavy (non-hydrogen) atoms. The first-order valence-electron chi connectivity index (χ1n) is 8.35. The van der Waals surface area contributed by atoms with Gasteiger partial charge in [0.25, 0.3) is 0 Å². The number of aliphatic imine (C=N–C) groups is 1. The third kappa shape index (κ3) is 5.27. The first-order valence-corrected chi connectivity index (χ1v) is 10.2. The summed E-state index contributed by atoms with van der Waals surface area (Å²) < 4.78 is 24.5. The van der Waals surface area contributed by atoms with Crippen LogP contribution < -0.4 is 5.32 Å².